The first-order valence-corrected chi connectivity index (χ1v) is 9.55. The lowest BCUT2D eigenvalue weighted by atomic mass is 10.0. The number of carbonyl (C=O) groups is 3. The first-order chi connectivity index (χ1) is 13.7. The molecule has 1 rings (SSSR count). The fourth-order valence-corrected chi connectivity index (χ4v) is 2.57. The van der Waals surface area contributed by atoms with Gasteiger partial charge in [0.25, 0.3) is 5.91 Å². The molecular formula is C22H31N3O5. The van der Waals surface area contributed by atoms with Gasteiger partial charge in [-0.2, -0.15) is 0 Å². The highest BCUT2D eigenvalue weighted by Gasteiger charge is 2.36. The molecular weight excluding hydrogens is 386 g/mol. The minimum atomic E-state index is -1.30. The lowest BCUT2D eigenvalue weighted by Crippen LogP contribution is -2.52. The van der Waals surface area contributed by atoms with Crippen LogP contribution in [0.5, 0.6) is 5.75 Å². The van der Waals surface area contributed by atoms with E-state index < -0.39 is 41.1 Å². The van der Waals surface area contributed by atoms with E-state index in [1.807, 2.05) is 0 Å². The van der Waals surface area contributed by atoms with Crippen molar-refractivity contribution in [2.45, 2.75) is 71.7 Å². The lowest BCUT2D eigenvalue weighted by molar-refractivity contribution is -0.139. The van der Waals surface area contributed by atoms with Gasteiger partial charge in [0.05, 0.1) is 0 Å². The maximum atomic E-state index is 13.0. The smallest absolute Gasteiger partial charge is 0.408 e. The Hall–Kier alpha value is -3.21. The van der Waals surface area contributed by atoms with E-state index in [9.17, 15) is 19.5 Å². The Bertz CT molecular complexity index is 830. The number of phenolic OH excluding ortho intramolecular Hbond substituents is 1. The van der Waals surface area contributed by atoms with Gasteiger partial charge in [-0.1, -0.05) is 24.6 Å². The first-order valence-electron chi connectivity index (χ1n) is 9.55. The molecule has 164 valence electrons. The normalized spacial score (nSPS) is 13.4. The van der Waals surface area contributed by atoms with Crippen molar-refractivity contribution >= 4 is 17.9 Å². The van der Waals surface area contributed by atoms with E-state index in [0.29, 0.717) is 0 Å². The maximum Gasteiger partial charge on any atom is 0.408 e. The second-order valence-electron chi connectivity index (χ2n) is 8.91. The van der Waals surface area contributed by atoms with Crippen molar-refractivity contribution in [3.63, 3.8) is 0 Å². The molecule has 1 aromatic rings. The molecule has 0 radical (unpaired) electrons. The zero-order valence-electron chi connectivity index (χ0n) is 18.6. The predicted octanol–water partition coefficient (Wildman–Crippen LogP) is 2.68. The SMILES string of the molecule is C#CN(C(=O)C(C)NC(=O)OC(C)(C)C)C(C(=O)NC(C)(C)C)c1ccccc1O. The van der Waals surface area contributed by atoms with Crippen LogP contribution in [-0.2, 0) is 14.3 Å². The van der Waals surface area contributed by atoms with Crippen molar-refractivity contribution in [1.29, 1.82) is 0 Å². The van der Waals surface area contributed by atoms with Gasteiger partial charge in [0.15, 0.2) is 6.04 Å². The summed E-state index contributed by atoms with van der Waals surface area (Å²) in [5, 5.41) is 15.5. The summed E-state index contributed by atoms with van der Waals surface area (Å²) in [7, 11) is 0. The minimum Gasteiger partial charge on any atom is -0.508 e. The van der Waals surface area contributed by atoms with E-state index in [2.05, 4.69) is 16.7 Å². The number of alkyl carbamates (subject to hydrolysis) is 1. The third-order valence-corrected chi connectivity index (χ3v) is 3.72. The maximum absolute atomic E-state index is 13.0. The first kappa shape index (κ1) is 24.8. The molecule has 0 aromatic heterocycles. The molecule has 8 nitrogen and oxygen atoms in total. The van der Waals surface area contributed by atoms with E-state index in [4.69, 9.17) is 11.2 Å². The van der Waals surface area contributed by atoms with Gasteiger partial charge in [-0.15, -0.1) is 0 Å². The minimum absolute atomic E-state index is 0.162. The molecule has 0 fully saturated rings. The highest BCUT2D eigenvalue weighted by Crippen LogP contribution is 2.29. The van der Waals surface area contributed by atoms with Crippen LogP contribution in [0.2, 0.25) is 0 Å². The Morgan fingerprint density at radius 2 is 1.70 bits per heavy atom. The number of hydrogen-bond acceptors (Lipinski definition) is 5. The van der Waals surface area contributed by atoms with Crippen molar-refractivity contribution in [1.82, 2.24) is 15.5 Å². The van der Waals surface area contributed by atoms with Crippen molar-refractivity contribution < 1.29 is 24.2 Å². The molecule has 1 aromatic carbocycles. The molecule has 8 heteroatoms. The quantitative estimate of drug-likeness (QED) is 0.504. The monoisotopic (exact) mass is 417 g/mol. The second-order valence-corrected chi connectivity index (χ2v) is 8.91. The van der Waals surface area contributed by atoms with Gasteiger partial charge in [0, 0.05) is 17.1 Å². The van der Waals surface area contributed by atoms with Crippen molar-refractivity contribution in [2.75, 3.05) is 0 Å². The molecule has 0 aliphatic carbocycles. The number of para-hydroxylation sites is 1. The molecule has 0 spiro atoms. The number of aromatic hydroxyl groups is 1. The number of rotatable bonds is 5. The molecule has 3 amide bonds. The Kier molecular flexibility index (Phi) is 7.88. The zero-order chi connectivity index (χ0) is 23.3. The van der Waals surface area contributed by atoms with Crippen LogP contribution in [0.15, 0.2) is 24.3 Å². The molecule has 0 aliphatic rings. The standard InChI is InChI=1S/C22H31N3O5/c1-9-25(19(28)14(2)23-20(29)30-22(6,7)8)17(18(27)24-21(3,4)5)15-12-10-11-13-16(15)26/h1,10-14,17,26H,2-8H3,(H,23,29)(H,24,27). The molecule has 2 atom stereocenters. The summed E-state index contributed by atoms with van der Waals surface area (Å²) in [5.41, 5.74) is -1.19. The summed E-state index contributed by atoms with van der Waals surface area (Å²) in [6, 6.07) is 5.95. The third-order valence-electron chi connectivity index (χ3n) is 3.72. The third kappa shape index (κ3) is 7.32. The Balaban J connectivity index is 3.24. The molecule has 3 N–H and O–H groups in total. The van der Waals surface area contributed by atoms with Gasteiger partial charge in [0.2, 0.25) is 5.91 Å². The van der Waals surface area contributed by atoms with Crippen LogP contribution >= 0.6 is 0 Å². The topological polar surface area (TPSA) is 108 Å². The van der Waals surface area contributed by atoms with Gasteiger partial charge in [-0.05, 0) is 54.5 Å². The molecule has 0 saturated heterocycles. The van der Waals surface area contributed by atoms with Crippen LogP contribution in [0, 0.1) is 12.5 Å². The number of phenols is 1. The molecule has 0 saturated carbocycles. The Morgan fingerprint density at radius 3 is 2.17 bits per heavy atom. The van der Waals surface area contributed by atoms with E-state index in [-0.39, 0.29) is 11.3 Å². The predicted molar refractivity (Wildman–Crippen MR) is 113 cm³/mol. The molecule has 30 heavy (non-hydrogen) atoms. The number of terminal acetylenes is 1. The highest BCUT2D eigenvalue weighted by molar-refractivity contribution is 5.93. The van der Waals surface area contributed by atoms with Crippen LogP contribution in [0.4, 0.5) is 4.79 Å². The van der Waals surface area contributed by atoms with Crippen molar-refractivity contribution in [2.24, 2.45) is 0 Å². The van der Waals surface area contributed by atoms with Crippen LogP contribution in [0.25, 0.3) is 0 Å². The summed E-state index contributed by atoms with van der Waals surface area (Å²) >= 11 is 0. The summed E-state index contributed by atoms with van der Waals surface area (Å²) in [6.07, 6.45) is 4.79. The summed E-state index contributed by atoms with van der Waals surface area (Å²) in [6.45, 7) is 11.8. The number of benzene rings is 1. The summed E-state index contributed by atoms with van der Waals surface area (Å²) < 4.78 is 5.16. The fraction of sp³-hybridized carbons (Fsp3) is 0.500. The molecule has 0 aliphatic heterocycles. The van der Waals surface area contributed by atoms with Crippen LogP contribution in [0.1, 0.15) is 60.1 Å². The van der Waals surface area contributed by atoms with E-state index in [1.54, 1.807) is 53.7 Å². The van der Waals surface area contributed by atoms with Gasteiger partial charge < -0.3 is 20.5 Å². The van der Waals surface area contributed by atoms with E-state index in [1.165, 1.54) is 19.1 Å². The van der Waals surface area contributed by atoms with Gasteiger partial charge >= 0.3 is 6.09 Å². The second kappa shape index (κ2) is 9.53. The fourth-order valence-electron chi connectivity index (χ4n) is 2.57. The van der Waals surface area contributed by atoms with Crippen molar-refractivity contribution in [3.05, 3.63) is 29.8 Å². The number of carbonyl (C=O) groups excluding carboxylic acids is 3. The van der Waals surface area contributed by atoms with Crippen molar-refractivity contribution in [3.8, 4) is 18.2 Å². The number of nitrogens with one attached hydrogen (secondary N) is 2. The largest absolute Gasteiger partial charge is 0.508 e. The Morgan fingerprint density at radius 1 is 1.13 bits per heavy atom. The highest BCUT2D eigenvalue weighted by atomic mass is 16.6. The average Bonchev–Trinajstić information content (AvgIpc) is 2.56. The van der Waals surface area contributed by atoms with Crippen LogP contribution in [-0.4, -0.2) is 45.1 Å². The number of hydrogen-bond donors (Lipinski definition) is 3. The number of nitrogens with zero attached hydrogens (tertiary/aromatic N) is 1. The molecule has 2 unspecified atom stereocenters. The van der Waals surface area contributed by atoms with Gasteiger partial charge in [-0.3, -0.25) is 14.5 Å². The summed E-state index contributed by atoms with van der Waals surface area (Å²) in [5.74, 6) is -1.46. The van der Waals surface area contributed by atoms with Gasteiger partial charge in [0.1, 0.15) is 17.4 Å². The lowest BCUT2D eigenvalue weighted by Gasteiger charge is -2.31. The van der Waals surface area contributed by atoms with E-state index in [0.717, 1.165) is 4.90 Å². The Labute approximate surface area is 178 Å². The zero-order valence-corrected chi connectivity index (χ0v) is 18.6. The molecule has 0 heterocycles. The van der Waals surface area contributed by atoms with Crippen LogP contribution < -0.4 is 10.6 Å². The number of ether oxygens (including phenoxy) is 1. The molecule has 0 bridgehead atoms. The van der Waals surface area contributed by atoms with Gasteiger partial charge in [-0.25, -0.2) is 4.79 Å². The summed E-state index contributed by atoms with van der Waals surface area (Å²) in [4.78, 5) is 38.9. The van der Waals surface area contributed by atoms with Crippen LogP contribution in [0.3, 0.4) is 0 Å². The number of amides is 3. The average molecular weight is 418 g/mol. The van der Waals surface area contributed by atoms with E-state index >= 15 is 0 Å².